The molecule has 0 unspecified atom stereocenters. The standard InChI is InChI=1S/C19H34N6/c1-16(2)7-5-10-22-19(20-3)23-15-17-8-6-9-21-18(17)25-13-11-24(4)12-14-25/h6,8-9,16H,5,7,10-15H2,1-4H3,(H2,20,22,23). The number of anilines is 1. The summed E-state index contributed by atoms with van der Waals surface area (Å²) in [4.78, 5) is 13.7. The smallest absolute Gasteiger partial charge is 0.191 e. The first-order valence-electron chi connectivity index (χ1n) is 9.42. The fourth-order valence-electron chi connectivity index (χ4n) is 2.99. The van der Waals surface area contributed by atoms with E-state index in [0.717, 1.165) is 63.4 Å². The average Bonchev–Trinajstić information content (AvgIpc) is 2.62. The fraction of sp³-hybridized carbons (Fsp3) is 0.684. The maximum atomic E-state index is 4.63. The highest BCUT2D eigenvalue weighted by Crippen LogP contribution is 2.18. The molecule has 0 aliphatic carbocycles. The number of rotatable bonds is 7. The Balaban J connectivity index is 1.87. The van der Waals surface area contributed by atoms with Gasteiger partial charge in [0.2, 0.25) is 0 Å². The van der Waals surface area contributed by atoms with Gasteiger partial charge in [0.15, 0.2) is 5.96 Å². The maximum Gasteiger partial charge on any atom is 0.191 e. The second-order valence-electron chi connectivity index (χ2n) is 7.17. The van der Waals surface area contributed by atoms with Crippen LogP contribution in [0.2, 0.25) is 0 Å². The maximum absolute atomic E-state index is 4.63. The Kier molecular flexibility index (Phi) is 7.98. The van der Waals surface area contributed by atoms with E-state index in [1.165, 1.54) is 12.0 Å². The molecular formula is C19H34N6. The molecule has 140 valence electrons. The summed E-state index contributed by atoms with van der Waals surface area (Å²) in [5.41, 5.74) is 1.22. The van der Waals surface area contributed by atoms with Gasteiger partial charge in [0.1, 0.15) is 5.82 Å². The van der Waals surface area contributed by atoms with Crippen molar-refractivity contribution < 1.29 is 0 Å². The van der Waals surface area contributed by atoms with Gasteiger partial charge in [0.05, 0.1) is 0 Å². The molecule has 1 aliphatic rings. The molecule has 0 bridgehead atoms. The van der Waals surface area contributed by atoms with E-state index in [2.05, 4.69) is 57.4 Å². The molecule has 2 N–H and O–H groups in total. The van der Waals surface area contributed by atoms with Crippen molar-refractivity contribution in [3.63, 3.8) is 0 Å². The summed E-state index contributed by atoms with van der Waals surface area (Å²) in [5.74, 6) is 2.70. The van der Waals surface area contributed by atoms with Crippen LogP contribution in [-0.4, -0.2) is 62.7 Å². The molecule has 1 aromatic heterocycles. The zero-order valence-corrected chi connectivity index (χ0v) is 16.3. The van der Waals surface area contributed by atoms with Gasteiger partial charge in [0, 0.05) is 58.1 Å². The monoisotopic (exact) mass is 346 g/mol. The van der Waals surface area contributed by atoms with Gasteiger partial charge in [-0.15, -0.1) is 0 Å². The minimum absolute atomic E-state index is 0.735. The normalized spacial score (nSPS) is 16.4. The van der Waals surface area contributed by atoms with Crippen LogP contribution in [0.15, 0.2) is 23.3 Å². The topological polar surface area (TPSA) is 55.8 Å². The van der Waals surface area contributed by atoms with E-state index < -0.39 is 0 Å². The second-order valence-corrected chi connectivity index (χ2v) is 7.17. The van der Waals surface area contributed by atoms with Crippen molar-refractivity contribution in [2.45, 2.75) is 33.2 Å². The van der Waals surface area contributed by atoms with Crippen molar-refractivity contribution >= 4 is 11.8 Å². The van der Waals surface area contributed by atoms with Crippen molar-refractivity contribution in [1.82, 2.24) is 20.5 Å². The molecule has 2 heterocycles. The molecule has 0 radical (unpaired) electrons. The van der Waals surface area contributed by atoms with Gasteiger partial charge >= 0.3 is 0 Å². The van der Waals surface area contributed by atoms with Crippen LogP contribution in [0.4, 0.5) is 5.82 Å². The predicted octanol–water partition coefficient (Wildman–Crippen LogP) is 1.93. The van der Waals surface area contributed by atoms with Gasteiger partial charge in [0.25, 0.3) is 0 Å². The van der Waals surface area contributed by atoms with Crippen LogP contribution >= 0.6 is 0 Å². The Morgan fingerprint density at radius 3 is 2.68 bits per heavy atom. The lowest BCUT2D eigenvalue weighted by Crippen LogP contribution is -2.45. The molecule has 6 heteroatoms. The minimum atomic E-state index is 0.735. The summed E-state index contributed by atoms with van der Waals surface area (Å²) in [5, 5.41) is 6.82. The van der Waals surface area contributed by atoms with Crippen LogP contribution in [0.25, 0.3) is 0 Å². The quantitative estimate of drug-likeness (QED) is 0.449. The van der Waals surface area contributed by atoms with E-state index in [1.54, 1.807) is 0 Å². The van der Waals surface area contributed by atoms with Gasteiger partial charge in [-0.25, -0.2) is 4.98 Å². The zero-order chi connectivity index (χ0) is 18.1. The van der Waals surface area contributed by atoms with Crippen LogP contribution in [-0.2, 0) is 6.54 Å². The third-order valence-electron chi connectivity index (χ3n) is 4.59. The lowest BCUT2D eigenvalue weighted by molar-refractivity contribution is 0.312. The van der Waals surface area contributed by atoms with Gasteiger partial charge in [-0.05, 0) is 31.9 Å². The highest BCUT2D eigenvalue weighted by molar-refractivity contribution is 5.79. The SMILES string of the molecule is CN=C(NCCCC(C)C)NCc1cccnc1N1CCN(C)CC1. The lowest BCUT2D eigenvalue weighted by Gasteiger charge is -2.34. The Morgan fingerprint density at radius 2 is 2.00 bits per heavy atom. The summed E-state index contributed by atoms with van der Waals surface area (Å²) in [6.45, 7) is 10.4. The number of nitrogens with zero attached hydrogens (tertiary/aromatic N) is 4. The fourth-order valence-corrected chi connectivity index (χ4v) is 2.99. The van der Waals surface area contributed by atoms with E-state index in [4.69, 9.17) is 0 Å². The van der Waals surface area contributed by atoms with E-state index in [9.17, 15) is 0 Å². The van der Waals surface area contributed by atoms with Crippen LogP contribution in [0.1, 0.15) is 32.3 Å². The third-order valence-corrected chi connectivity index (χ3v) is 4.59. The van der Waals surface area contributed by atoms with Crippen LogP contribution in [0, 0.1) is 5.92 Å². The predicted molar refractivity (Wildman–Crippen MR) is 106 cm³/mol. The number of hydrogen-bond acceptors (Lipinski definition) is 4. The molecule has 0 spiro atoms. The molecule has 0 amide bonds. The molecular weight excluding hydrogens is 312 g/mol. The first-order valence-corrected chi connectivity index (χ1v) is 9.42. The highest BCUT2D eigenvalue weighted by atomic mass is 15.3. The van der Waals surface area contributed by atoms with Crippen molar-refractivity contribution in [2.75, 3.05) is 51.7 Å². The third kappa shape index (κ3) is 6.53. The molecule has 0 atom stereocenters. The van der Waals surface area contributed by atoms with Gasteiger partial charge < -0.3 is 20.4 Å². The van der Waals surface area contributed by atoms with Gasteiger partial charge in [-0.2, -0.15) is 0 Å². The minimum Gasteiger partial charge on any atom is -0.356 e. The Bertz CT molecular complexity index is 534. The number of aromatic nitrogens is 1. The molecule has 6 nitrogen and oxygen atoms in total. The molecule has 1 aromatic rings. The molecule has 2 rings (SSSR count). The number of nitrogens with one attached hydrogen (secondary N) is 2. The van der Waals surface area contributed by atoms with E-state index in [1.807, 2.05) is 19.3 Å². The summed E-state index contributed by atoms with van der Waals surface area (Å²) < 4.78 is 0. The van der Waals surface area contributed by atoms with Gasteiger partial charge in [-0.1, -0.05) is 19.9 Å². The summed E-state index contributed by atoms with van der Waals surface area (Å²) in [6, 6.07) is 4.16. The highest BCUT2D eigenvalue weighted by Gasteiger charge is 2.17. The Hall–Kier alpha value is -1.82. The Morgan fingerprint density at radius 1 is 1.24 bits per heavy atom. The molecule has 1 saturated heterocycles. The molecule has 1 aliphatic heterocycles. The van der Waals surface area contributed by atoms with Crippen LogP contribution < -0.4 is 15.5 Å². The molecule has 0 aromatic carbocycles. The number of guanidine groups is 1. The van der Waals surface area contributed by atoms with E-state index in [0.29, 0.717) is 0 Å². The first-order chi connectivity index (χ1) is 12.1. The Labute approximate surface area is 152 Å². The summed E-state index contributed by atoms with van der Waals surface area (Å²) in [6.07, 6.45) is 4.29. The van der Waals surface area contributed by atoms with Crippen molar-refractivity contribution in [3.05, 3.63) is 23.9 Å². The number of pyridine rings is 1. The van der Waals surface area contributed by atoms with Crippen LogP contribution in [0.3, 0.4) is 0 Å². The van der Waals surface area contributed by atoms with Crippen molar-refractivity contribution in [3.8, 4) is 0 Å². The number of hydrogen-bond donors (Lipinski definition) is 2. The van der Waals surface area contributed by atoms with Gasteiger partial charge in [-0.3, -0.25) is 4.99 Å². The summed E-state index contributed by atoms with van der Waals surface area (Å²) in [7, 11) is 4.00. The second kappa shape index (κ2) is 10.2. The lowest BCUT2D eigenvalue weighted by atomic mass is 10.1. The number of likely N-dealkylation sites (N-methyl/N-ethyl adjacent to an activating group) is 1. The van der Waals surface area contributed by atoms with Crippen molar-refractivity contribution in [2.24, 2.45) is 10.9 Å². The zero-order valence-electron chi connectivity index (χ0n) is 16.3. The van der Waals surface area contributed by atoms with E-state index in [-0.39, 0.29) is 0 Å². The number of aliphatic imine (C=N–C) groups is 1. The number of piperazine rings is 1. The molecule has 1 fully saturated rings. The summed E-state index contributed by atoms with van der Waals surface area (Å²) >= 11 is 0. The van der Waals surface area contributed by atoms with Crippen molar-refractivity contribution in [1.29, 1.82) is 0 Å². The average molecular weight is 347 g/mol. The largest absolute Gasteiger partial charge is 0.356 e. The first kappa shape index (κ1) is 19.5. The van der Waals surface area contributed by atoms with Crippen LogP contribution in [0.5, 0.6) is 0 Å². The molecule has 25 heavy (non-hydrogen) atoms. The molecule has 0 saturated carbocycles. The van der Waals surface area contributed by atoms with E-state index >= 15 is 0 Å².